The Morgan fingerprint density at radius 3 is 2.32 bits per heavy atom. The van der Waals surface area contributed by atoms with Crippen LogP contribution in [0.3, 0.4) is 0 Å². The molecule has 0 aliphatic heterocycles. The van der Waals surface area contributed by atoms with Gasteiger partial charge >= 0.3 is 0 Å². The van der Waals surface area contributed by atoms with Crippen LogP contribution < -0.4 is 14.9 Å². The summed E-state index contributed by atoms with van der Waals surface area (Å²) >= 11 is 1.44. The third-order valence-corrected chi connectivity index (χ3v) is 4.93. The smallest absolute Gasteiger partial charge is 0.250 e. The highest BCUT2D eigenvalue weighted by Gasteiger charge is 2.03. The summed E-state index contributed by atoms with van der Waals surface area (Å²) in [5.41, 5.74) is 4.45. The van der Waals surface area contributed by atoms with Crippen molar-refractivity contribution in [3.63, 3.8) is 0 Å². The zero-order valence-electron chi connectivity index (χ0n) is 15.7. The molecular weight excluding hydrogens is 374 g/mol. The lowest BCUT2D eigenvalue weighted by molar-refractivity contribution is -0.118. The fourth-order valence-electron chi connectivity index (χ4n) is 2.44. The van der Waals surface area contributed by atoms with Gasteiger partial charge in [0.15, 0.2) is 0 Å². The Hall–Kier alpha value is -3.19. The van der Waals surface area contributed by atoms with E-state index in [0.29, 0.717) is 0 Å². The molecule has 2 aromatic carbocycles. The Kier molecular flexibility index (Phi) is 6.75. The van der Waals surface area contributed by atoms with E-state index < -0.39 is 0 Å². The largest absolute Gasteiger partial charge is 0.497 e. The van der Waals surface area contributed by atoms with Gasteiger partial charge in [-0.1, -0.05) is 0 Å². The molecule has 3 rings (SSSR count). The highest BCUT2D eigenvalue weighted by Crippen LogP contribution is 2.21. The predicted molar refractivity (Wildman–Crippen MR) is 112 cm³/mol. The Morgan fingerprint density at radius 1 is 1.04 bits per heavy atom. The fraction of sp³-hybridized carbons (Fsp3) is 0.143. The van der Waals surface area contributed by atoms with Crippen LogP contribution in [0.2, 0.25) is 0 Å². The van der Waals surface area contributed by atoms with E-state index in [9.17, 15) is 4.79 Å². The molecule has 1 heterocycles. The molecule has 0 fully saturated rings. The van der Waals surface area contributed by atoms with E-state index in [1.807, 2.05) is 71.6 Å². The lowest BCUT2D eigenvalue weighted by Gasteiger charge is -2.04. The van der Waals surface area contributed by atoms with E-state index in [-0.39, 0.29) is 11.7 Å². The summed E-state index contributed by atoms with van der Waals surface area (Å²) in [5, 5.41) is 4.02. The number of thioether (sulfide) groups is 1. The number of hydrogen-bond acceptors (Lipinski definition) is 5. The number of nitrogens with zero attached hydrogens (tertiary/aromatic N) is 2. The van der Waals surface area contributed by atoms with Crippen LogP contribution in [-0.2, 0) is 4.79 Å². The van der Waals surface area contributed by atoms with Gasteiger partial charge in [-0.25, -0.2) is 5.43 Å². The van der Waals surface area contributed by atoms with Gasteiger partial charge in [0.25, 0.3) is 0 Å². The van der Waals surface area contributed by atoms with Gasteiger partial charge in [-0.2, -0.15) is 5.10 Å². The lowest BCUT2D eigenvalue weighted by atomic mass is 10.3. The zero-order chi connectivity index (χ0) is 19.8. The van der Waals surface area contributed by atoms with Crippen molar-refractivity contribution in [3.05, 3.63) is 72.6 Å². The van der Waals surface area contributed by atoms with Crippen LogP contribution in [0.4, 0.5) is 0 Å². The molecule has 0 spiro atoms. The number of ether oxygens (including phenoxy) is 2. The second-order valence-electron chi connectivity index (χ2n) is 5.81. The van der Waals surface area contributed by atoms with Crippen molar-refractivity contribution in [2.24, 2.45) is 5.10 Å². The van der Waals surface area contributed by atoms with Crippen LogP contribution in [-0.4, -0.2) is 36.7 Å². The number of nitrogens with one attached hydrogen (secondary N) is 1. The number of carbonyl (C=O) groups is 1. The van der Waals surface area contributed by atoms with Crippen molar-refractivity contribution in [2.45, 2.75) is 4.90 Å². The Bertz CT molecular complexity index is 934. The SMILES string of the molecule is COc1ccc(SCC(=O)N/N=C/c2ccn(-c3ccc(OC)cc3)c2)cc1. The summed E-state index contributed by atoms with van der Waals surface area (Å²) in [6.07, 6.45) is 5.49. The molecular formula is C21H21N3O3S. The van der Waals surface area contributed by atoms with Crippen LogP contribution in [0.5, 0.6) is 11.5 Å². The Morgan fingerprint density at radius 2 is 1.68 bits per heavy atom. The summed E-state index contributed by atoms with van der Waals surface area (Å²) in [5.74, 6) is 1.73. The van der Waals surface area contributed by atoms with Crippen molar-refractivity contribution < 1.29 is 14.3 Å². The number of aromatic nitrogens is 1. The fourth-order valence-corrected chi connectivity index (χ4v) is 3.13. The van der Waals surface area contributed by atoms with Gasteiger partial charge in [-0.3, -0.25) is 4.79 Å². The molecule has 3 aromatic rings. The van der Waals surface area contributed by atoms with E-state index in [4.69, 9.17) is 9.47 Å². The highest BCUT2D eigenvalue weighted by molar-refractivity contribution is 8.00. The molecule has 0 aliphatic rings. The number of benzene rings is 2. The van der Waals surface area contributed by atoms with Gasteiger partial charge in [0.1, 0.15) is 11.5 Å². The van der Waals surface area contributed by atoms with E-state index in [2.05, 4.69) is 10.5 Å². The molecule has 1 amide bonds. The van der Waals surface area contributed by atoms with Crippen LogP contribution in [0.15, 0.2) is 77.0 Å². The molecule has 0 aliphatic carbocycles. The van der Waals surface area contributed by atoms with Crippen LogP contribution in [0, 0.1) is 0 Å². The van der Waals surface area contributed by atoms with Crippen molar-refractivity contribution in [1.82, 2.24) is 9.99 Å². The third-order valence-electron chi connectivity index (χ3n) is 3.92. The van der Waals surface area contributed by atoms with E-state index in [0.717, 1.165) is 27.6 Å². The van der Waals surface area contributed by atoms with Gasteiger partial charge in [-0.15, -0.1) is 11.8 Å². The minimum absolute atomic E-state index is 0.161. The molecule has 1 N–H and O–H groups in total. The van der Waals surface area contributed by atoms with E-state index >= 15 is 0 Å². The first-order chi connectivity index (χ1) is 13.7. The molecule has 0 atom stereocenters. The second kappa shape index (κ2) is 9.66. The average molecular weight is 395 g/mol. The standard InChI is InChI=1S/C21H21N3O3S/c1-26-18-5-3-17(4-6-18)24-12-11-16(14-24)13-22-23-21(25)15-28-20-9-7-19(27-2)8-10-20/h3-14H,15H2,1-2H3,(H,23,25)/b22-13+. The quantitative estimate of drug-likeness (QED) is 0.359. The van der Waals surface area contributed by atoms with Crippen LogP contribution in [0.1, 0.15) is 5.56 Å². The first kappa shape index (κ1) is 19.6. The van der Waals surface area contributed by atoms with Crippen molar-refractivity contribution in [1.29, 1.82) is 0 Å². The average Bonchev–Trinajstić information content (AvgIpc) is 3.21. The molecule has 1 aromatic heterocycles. The number of rotatable bonds is 8. The monoisotopic (exact) mass is 395 g/mol. The predicted octanol–water partition coefficient (Wildman–Crippen LogP) is 3.74. The number of carbonyl (C=O) groups excluding carboxylic acids is 1. The Labute approximate surface area is 168 Å². The summed E-state index contributed by atoms with van der Waals surface area (Å²) in [7, 11) is 3.27. The summed E-state index contributed by atoms with van der Waals surface area (Å²) in [6, 6.07) is 17.2. The van der Waals surface area contributed by atoms with Crippen molar-refractivity contribution >= 4 is 23.9 Å². The minimum atomic E-state index is -0.161. The highest BCUT2D eigenvalue weighted by atomic mass is 32.2. The summed E-state index contributed by atoms with van der Waals surface area (Å²) in [6.45, 7) is 0. The zero-order valence-corrected chi connectivity index (χ0v) is 16.5. The number of hydrazone groups is 1. The molecule has 28 heavy (non-hydrogen) atoms. The van der Waals surface area contributed by atoms with Gasteiger partial charge < -0.3 is 14.0 Å². The number of hydrogen-bond donors (Lipinski definition) is 1. The van der Waals surface area contributed by atoms with Crippen LogP contribution >= 0.6 is 11.8 Å². The molecule has 0 bridgehead atoms. The molecule has 0 saturated carbocycles. The van der Waals surface area contributed by atoms with Crippen LogP contribution in [0.25, 0.3) is 5.69 Å². The first-order valence-electron chi connectivity index (χ1n) is 8.59. The molecule has 0 unspecified atom stereocenters. The molecule has 6 nitrogen and oxygen atoms in total. The maximum atomic E-state index is 11.9. The number of methoxy groups -OCH3 is 2. The molecule has 7 heteroatoms. The maximum absolute atomic E-state index is 11.9. The van der Waals surface area contributed by atoms with Crippen molar-refractivity contribution in [3.8, 4) is 17.2 Å². The van der Waals surface area contributed by atoms with Gasteiger partial charge in [0.05, 0.1) is 26.2 Å². The third kappa shape index (κ3) is 5.40. The van der Waals surface area contributed by atoms with Gasteiger partial charge in [0, 0.05) is 28.5 Å². The lowest BCUT2D eigenvalue weighted by Crippen LogP contribution is -2.19. The van der Waals surface area contributed by atoms with Crippen molar-refractivity contribution in [2.75, 3.05) is 20.0 Å². The van der Waals surface area contributed by atoms with E-state index in [1.165, 1.54) is 11.8 Å². The van der Waals surface area contributed by atoms with Gasteiger partial charge in [0.2, 0.25) is 5.91 Å². The first-order valence-corrected chi connectivity index (χ1v) is 9.57. The Balaban J connectivity index is 1.48. The summed E-state index contributed by atoms with van der Waals surface area (Å²) in [4.78, 5) is 12.9. The van der Waals surface area contributed by atoms with E-state index in [1.54, 1.807) is 20.4 Å². The second-order valence-corrected chi connectivity index (χ2v) is 6.86. The molecule has 0 saturated heterocycles. The number of amides is 1. The molecule has 144 valence electrons. The summed E-state index contributed by atoms with van der Waals surface area (Å²) < 4.78 is 12.3. The molecule has 0 radical (unpaired) electrons. The van der Waals surface area contributed by atoms with Gasteiger partial charge in [-0.05, 0) is 54.6 Å². The maximum Gasteiger partial charge on any atom is 0.250 e. The normalized spacial score (nSPS) is 10.8. The topological polar surface area (TPSA) is 64.8 Å². The minimum Gasteiger partial charge on any atom is -0.497 e.